The summed E-state index contributed by atoms with van der Waals surface area (Å²) in [5, 5.41) is 0. The molecule has 2 N–H and O–H groups in total. The second-order valence-electron chi connectivity index (χ2n) is 5.20. The summed E-state index contributed by atoms with van der Waals surface area (Å²) < 4.78 is 0. The van der Waals surface area contributed by atoms with E-state index in [4.69, 9.17) is 5.73 Å². The molecule has 1 fully saturated rings. The maximum atomic E-state index is 12.4. The van der Waals surface area contributed by atoms with Crippen LogP contribution in [-0.4, -0.2) is 48.4 Å². The molecule has 19 heavy (non-hydrogen) atoms. The lowest BCUT2D eigenvalue weighted by molar-refractivity contribution is 0.0651. The minimum absolute atomic E-state index is 0.111. The van der Waals surface area contributed by atoms with Crippen LogP contribution in [0.15, 0.2) is 6.07 Å². The number of nitrogens with zero attached hydrogens (tertiary/aromatic N) is 2. The van der Waals surface area contributed by atoms with E-state index in [1.54, 1.807) is 6.07 Å². The van der Waals surface area contributed by atoms with E-state index in [9.17, 15) is 4.79 Å². The first-order chi connectivity index (χ1) is 9.02. The topological polar surface area (TPSA) is 49.6 Å². The van der Waals surface area contributed by atoms with Gasteiger partial charge in [0.2, 0.25) is 0 Å². The third kappa shape index (κ3) is 3.09. The van der Waals surface area contributed by atoms with Crippen LogP contribution in [0, 0.1) is 6.92 Å². The molecule has 0 aromatic carbocycles. The van der Waals surface area contributed by atoms with Crippen molar-refractivity contribution in [3.63, 3.8) is 0 Å². The quantitative estimate of drug-likeness (QED) is 0.924. The van der Waals surface area contributed by atoms with Crippen molar-refractivity contribution < 1.29 is 4.79 Å². The monoisotopic (exact) mass is 281 g/mol. The summed E-state index contributed by atoms with van der Waals surface area (Å²) in [6, 6.07) is 2.17. The first-order valence-corrected chi connectivity index (χ1v) is 7.70. The van der Waals surface area contributed by atoms with Crippen LogP contribution in [0.1, 0.15) is 34.3 Å². The van der Waals surface area contributed by atoms with E-state index in [0.29, 0.717) is 6.04 Å². The van der Waals surface area contributed by atoms with E-state index in [2.05, 4.69) is 11.8 Å². The molecule has 1 aromatic rings. The van der Waals surface area contributed by atoms with Crippen molar-refractivity contribution in [3.8, 4) is 0 Å². The second-order valence-corrected chi connectivity index (χ2v) is 6.46. The van der Waals surface area contributed by atoms with Gasteiger partial charge in [0.15, 0.2) is 0 Å². The molecule has 0 atom stereocenters. The molecule has 1 aliphatic rings. The lowest BCUT2D eigenvalue weighted by Gasteiger charge is -2.36. The van der Waals surface area contributed by atoms with Gasteiger partial charge in [-0.2, -0.15) is 0 Å². The van der Waals surface area contributed by atoms with Gasteiger partial charge in [0.05, 0.1) is 4.88 Å². The molecule has 106 valence electrons. The van der Waals surface area contributed by atoms with Gasteiger partial charge in [-0.05, 0) is 32.4 Å². The molecule has 4 nitrogen and oxygen atoms in total. The van der Waals surface area contributed by atoms with Crippen LogP contribution >= 0.6 is 11.3 Å². The van der Waals surface area contributed by atoms with Crippen LogP contribution in [0.3, 0.4) is 0 Å². The first-order valence-electron chi connectivity index (χ1n) is 6.88. The number of nitrogens with two attached hydrogens (primary N) is 1. The highest BCUT2D eigenvalue weighted by molar-refractivity contribution is 7.14. The van der Waals surface area contributed by atoms with Gasteiger partial charge in [-0.1, -0.05) is 6.92 Å². The number of anilines is 1. The van der Waals surface area contributed by atoms with E-state index in [0.717, 1.165) is 47.9 Å². The number of piperidine rings is 1. The van der Waals surface area contributed by atoms with Crippen LogP contribution in [-0.2, 0) is 0 Å². The number of likely N-dealkylation sites (tertiary alicyclic amines) is 1. The van der Waals surface area contributed by atoms with E-state index >= 15 is 0 Å². The maximum absolute atomic E-state index is 12.4. The summed E-state index contributed by atoms with van der Waals surface area (Å²) in [6.07, 6.45) is 2.13. The molecule has 0 unspecified atom stereocenters. The van der Waals surface area contributed by atoms with Crippen molar-refractivity contribution in [3.05, 3.63) is 15.8 Å². The highest BCUT2D eigenvalue weighted by atomic mass is 32.1. The Morgan fingerprint density at radius 1 is 1.53 bits per heavy atom. The number of amides is 1. The lowest BCUT2D eigenvalue weighted by atomic mass is 10.0. The Kier molecular flexibility index (Phi) is 4.47. The minimum atomic E-state index is 0.111. The molecule has 2 rings (SSSR count). The summed E-state index contributed by atoms with van der Waals surface area (Å²) in [6.45, 7) is 7.42. The third-order valence-corrected chi connectivity index (χ3v) is 5.09. The molecule has 0 saturated carbocycles. The highest BCUT2D eigenvalue weighted by Gasteiger charge is 2.26. The fraction of sp³-hybridized carbons (Fsp3) is 0.643. The third-order valence-electron chi connectivity index (χ3n) is 4.04. The number of hydrogen-bond acceptors (Lipinski definition) is 4. The number of carbonyl (C=O) groups is 1. The van der Waals surface area contributed by atoms with Crippen molar-refractivity contribution >= 4 is 22.9 Å². The molecule has 1 saturated heterocycles. The number of hydrogen-bond donors (Lipinski definition) is 1. The Hall–Kier alpha value is -1.07. The van der Waals surface area contributed by atoms with Crippen molar-refractivity contribution in [1.29, 1.82) is 0 Å². The Morgan fingerprint density at radius 3 is 2.63 bits per heavy atom. The van der Waals surface area contributed by atoms with Gasteiger partial charge < -0.3 is 15.5 Å². The van der Waals surface area contributed by atoms with Crippen LogP contribution in [0.5, 0.6) is 0 Å². The summed E-state index contributed by atoms with van der Waals surface area (Å²) in [4.78, 5) is 18.5. The molecule has 2 heterocycles. The Morgan fingerprint density at radius 2 is 2.16 bits per heavy atom. The van der Waals surface area contributed by atoms with Gasteiger partial charge in [0.1, 0.15) is 0 Å². The van der Waals surface area contributed by atoms with Crippen molar-refractivity contribution in [1.82, 2.24) is 9.80 Å². The zero-order valence-corrected chi connectivity index (χ0v) is 12.8. The largest absolute Gasteiger partial charge is 0.398 e. The molecule has 0 spiro atoms. The van der Waals surface area contributed by atoms with E-state index in [1.807, 2.05) is 18.9 Å². The van der Waals surface area contributed by atoms with Crippen LogP contribution in [0.25, 0.3) is 0 Å². The first kappa shape index (κ1) is 14.3. The van der Waals surface area contributed by atoms with Crippen LogP contribution in [0.4, 0.5) is 5.69 Å². The molecule has 1 aliphatic heterocycles. The Bertz CT molecular complexity index is 430. The number of rotatable bonds is 3. The number of carbonyl (C=O) groups excluding carboxylic acids is 1. The molecule has 0 bridgehead atoms. The number of nitrogen functional groups attached to an aromatic ring is 1. The Balaban J connectivity index is 2.00. The SMILES string of the molecule is CCN1CCC(N(C)C(=O)c2cc(N)c(C)s2)CC1. The summed E-state index contributed by atoms with van der Waals surface area (Å²) >= 11 is 1.49. The van der Waals surface area contributed by atoms with E-state index < -0.39 is 0 Å². The Labute approximate surface area is 119 Å². The zero-order valence-electron chi connectivity index (χ0n) is 12.0. The fourth-order valence-electron chi connectivity index (χ4n) is 2.56. The smallest absolute Gasteiger partial charge is 0.263 e. The molecule has 5 heteroatoms. The molecule has 1 amide bonds. The van der Waals surface area contributed by atoms with Gasteiger partial charge in [-0.15, -0.1) is 11.3 Å². The van der Waals surface area contributed by atoms with E-state index in [-0.39, 0.29) is 5.91 Å². The van der Waals surface area contributed by atoms with E-state index in [1.165, 1.54) is 11.3 Å². The van der Waals surface area contributed by atoms with Gasteiger partial charge in [0.25, 0.3) is 5.91 Å². The normalized spacial score (nSPS) is 17.6. The van der Waals surface area contributed by atoms with Crippen molar-refractivity contribution in [2.75, 3.05) is 32.4 Å². The summed E-state index contributed by atoms with van der Waals surface area (Å²) in [5.74, 6) is 0.111. The summed E-state index contributed by atoms with van der Waals surface area (Å²) in [7, 11) is 1.92. The molecule has 0 aliphatic carbocycles. The van der Waals surface area contributed by atoms with Gasteiger partial charge in [-0.3, -0.25) is 4.79 Å². The lowest BCUT2D eigenvalue weighted by Crippen LogP contribution is -2.45. The van der Waals surface area contributed by atoms with Crippen LogP contribution < -0.4 is 5.73 Å². The van der Waals surface area contributed by atoms with Crippen molar-refractivity contribution in [2.24, 2.45) is 0 Å². The van der Waals surface area contributed by atoms with Crippen LogP contribution in [0.2, 0.25) is 0 Å². The predicted octanol–water partition coefficient (Wildman–Crippen LogP) is 2.20. The predicted molar refractivity (Wildman–Crippen MR) is 80.7 cm³/mol. The second kappa shape index (κ2) is 5.92. The average molecular weight is 281 g/mol. The number of thiophene rings is 1. The average Bonchev–Trinajstić information content (AvgIpc) is 2.77. The van der Waals surface area contributed by atoms with Gasteiger partial charge in [-0.25, -0.2) is 0 Å². The molecule has 0 radical (unpaired) electrons. The van der Waals surface area contributed by atoms with Crippen molar-refractivity contribution in [2.45, 2.75) is 32.7 Å². The fourth-order valence-corrected chi connectivity index (χ4v) is 3.49. The van der Waals surface area contributed by atoms with Gasteiger partial charge in [0, 0.05) is 36.7 Å². The summed E-state index contributed by atoms with van der Waals surface area (Å²) in [5.41, 5.74) is 6.55. The molecular formula is C14H23N3OS. The standard InChI is InChI=1S/C14H23N3OS/c1-4-17-7-5-11(6-8-17)16(3)14(18)13-9-12(15)10(2)19-13/h9,11H,4-8,15H2,1-3H3. The minimum Gasteiger partial charge on any atom is -0.398 e. The van der Waals surface area contributed by atoms with Gasteiger partial charge >= 0.3 is 0 Å². The molecule has 1 aromatic heterocycles. The number of aryl methyl sites for hydroxylation is 1. The highest BCUT2D eigenvalue weighted by Crippen LogP contribution is 2.26. The molecular weight excluding hydrogens is 258 g/mol. The zero-order chi connectivity index (χ0) is 14.0. The maximum Gasteiger partial charge on any atom is 0.263 e.